The first-order chi connectivity index (χ1) is 16.7. The van der Waals surface area contributed by atoms with E-state index in [-0.39, 0.29) is 30.5 Å². The molecule has 3 heterocycles. The van der Waals surface area contributed by atoms with Gasteiger partial charge in [-0.1, -0.05) is 24.3 Å². The highest BCUT2D eigenvalue weighted by Crippen LogP contribution is 2.43. The van der Waals surface area contributed by atoms with Gasteiger partial charge in [0.25, 0.3) is 11.6 Å². The number of carbonyl (C=O) groups is 3. The first-order valence-electron chi connectivity index (χ1n) is 10.9. The van der Waals surface area contributed by atoms with E-state index in [0.717, 1.165) is 0 Å². The summed E-state index contributed by atoms with van der Waals surface area (Å²) in [5.74, 6) is -0.848. The van der Waals surface area contributed by atoms with Crippen LogP contribution in [0, 0.1) is 17.0 Å². The van der Waals surface area contributed by atoms with Gasteiger partial charge in [0.2, 0.25) is 11.8 Å². The van der Waals surface area contributed by atoms with Crippen molar-refractivity contribution in [3.8, 4) is 11.3 Å². The van der Waals surface area contributed by atoms with E-state index in [9.17, 15) is 24.5 Å². The van der Waals surface area contributed by atoms with Gasteiger partial charge in [0.05, 0.1) is 21.9 Å². The molecule has 35 heavy (non-hydrogen) atoms. The summed E-state index contributed by atoms with van der Waals surface area (Å²) in [7, 11) is 0. The lowest BCUT2D eigenvalue weighted by Gasteiger charge is -2.48. The predicted molar refractivity (Wildman–Crippen MR) is 130 cm³/mol. The van der Waals surface area contributed by atoms with Crippen LogP contribution in [0.25, 0.3) is 11.3 Å². The minimum Gasteiger partial charge on any atom is -0.306 e. The Labute approximate surface area is 204 Å². The lowest BCUT2D eigenvalue weighted by Crippen LogP contribution is -2.63. The minimum absolute atomic E-state index is 0.00566. The number of nitrogens with one attached hydrogen (secondary N) is 1. The lowest BCUT2D eigenvalue weighted by atomic mass is 9.98. The summed E-state index contributed by atoms with van der Waals surface area (Å²) in [6.45, 7) is 3.21. The van der Waals surface area contributed by atoms with Crippen molar-refractivity contribution in [2.45, 2.75) is 32.4 Å². The molecule has 0 aliphatic carbocycles. The molecule has 1 atom stereocenters. The van der Waals surface area contributed by atoms with E-state index in [0.29, 0.717) is 39.6 Å². The first-order valence-corrected chi connectivity index (χ1v) is 11.8. The summed E-state index contributed by atoms with van der Waals surface area (Å²) in [6.07, 6.45) is 0.710. The number of para-hydroxylation sites is 1. The molecule has 5 rings (SSSR count). The van der Waals surface area contributed by atoms with Gasteiger partial charge in [-0.25, -0.2) is 4.98 Å². The van der Waals surface area contributed by atoms with Gasteiger partial charge in [-0.15, -0.1) is 11.3 Å². The molecule has 2 aliphatic rings. The van der Waals surface area contributed by atoms with Crippen molar-refractivity contribution in [2.24, 2.45) is 0 Å². The molecule has 2 aromatic carbocycles. The Bertz CT molecular complexity index is 1400. The van der Waals surface area contributed by atoms with Crippen LogP contribution in [0.4, 0.5) is 16.5 Å². The Kier molecular flexibility index (Phi) is 5.36. The maximum Gasteiger partial charge on any atom is 0.272 e. The summed E-state index contributed by atoms with van der Waals surface area (Å²) < 4.78 is 0. The zero-order chi connectivity index (χ0) is 24.9. The highest BCUT2D eigenvalue weighted by atomic mass is 32.1. The minimum atomic E-state index is -0.936. The Hall–Kier alpha value is -4.12. The zero-order valence-electron chi connectivity index (χ0n) is 19.0. The molecule has 3 amide bonds. The number of aromatic nitrogens is 1. The van der Waals surface area contributed by atoms with E-state index in [1.54, 1.807) is 60.5 Å². The van der Waals surface area contributed by atoms with Gasteiger partial charge in [0, 0.05) is 29.0 Å². The van der Waals surface area contributed by atoms with E-state index in [2.05, 4.69) is 10.3 Å². The molecule has 178 valence electrons. The van der Waals surface area contributed by atoms with Gasteiger partial charge < -0.3 is 10.2 Å². The molecular formula is C24H21N5O5S. The maximum absolute atomic E-state index is 13.3. The average molecular weight is 492 g/mol. The number of nitro benzene ring substituents is 1. The highest BCUT2D eigenvalue weighted by molar-refractivity contribution is 7.14. The number of amides is 3. The number of rotatable bonds is 5. The van der Waals surface area contributed by atoms with Crippen LogP contribution in [0.2, 0.25) is 0 Å². The largest absolute Gasteiger partial charge is 0.306 e. The molecule has 0 saturated carbocycles. The predicted octanol–water partition coefficient (Wildman–Crippen LogP) is 3.96. The van der Waals surface area contributed by atoms with Gasteiger partial charge >= 0.3 is 0 Å². The van der Waals surface area contributed by atoms with Crippen LogP contribution in [-0.4, -0.2) is 44.7 Å². The second-order valence-corrected chi connectivity index (χ2v) is 9.56. The Morgan fingerprint density at radius 3 is 2.80 bits per heavy atom. The molecule has 1 N–H and O–H groups in total. The van der Waals surface area contributed by atoms with Crippen LogP contribution >= 0.6 is 11.3 Å². The number of nitro groups is 1. The van der Waals surface area contributed by atoms with E-state index < -0.39 is 16.5 Å². The molecule has 0 radical (unpaired) electrons. The number of fused-ring (bicyclic) bond motifs is 3. The fourth-order valence-corrected chi connectivity index (χ4v) is 5.41. The van der Waals surface area contributed by atoms with Crippen LogP contribution in [-0.2, 0) is 9.59 Å². The van der Waals surface area contributed by atoms with E-state index >= 15 is 0 Å². The number of hydrogen-bond donors (Lipinski definition) is 1. The molecular weight excluding hydrogens is 470 g/mol. The van der Waals surface area contributed by atoms with Crippen LogP contribution in [0.3, 0.4) is 0 Å². The first kappa shape index (κ1) is 22.7. The summed E-state index contributed by atoms with van der Waals surface area (Å²) >= 11 is 1.18. The Balaban J connectivity index is 1.36. The molecule has 1 saturated heterocycles. The van der Waals surface area contributed by atoms with Crippen molar-refractivity contribution in [3.63, 3.8) is 0 Å². The quantitative estimate of drug-likeness (QED) is 0.425. The van der Waals surface area contributed by atoms with Crippen molar-refractivity contribution in [1.29, 1.82) is 0 Å². The van der Waals surface area contributed by atoms with Crippen molar-refractivity contribution < 1.29 is 19.3 Å². The number of benzene rings is 2. The summed E-state index contributed by atoms with van der Waals surface area (Å²) in [6, 6.07) is 11.8. The van der Waals surface area contributed by atoms with Gasteiger partial charge in [0.1, 0.15) is 12.2 Å². The molecule has 0 bridgehead atoms. The third kappa shape index (κ3) is 3.73. The highest BCUT2D eigenvalue weighted by Gasteiger charge is 2.53. The van der Waals surface area contributed by atoms with Crippen LogP contribution in [0.15, 0.2) is 47.8 Å². The number of thiazole rings is 1. The monoisotopic (exact) mass is 491 g/mol. The number of carbonyl (C=O) groups excluding carboxylic acids is 3. The summed E-state index contributed by atoms with van der Waals surface area (Å²) in [4.78, 5) is 57.2. The van der Waals surface area contributed by atoms with E-state index in [1.807, 2.05) is 0 Å². The third-order valence-corrected chi connectivity index (χ3v) is 7.26. The molecule has 1 aromatic heterocycles. The fourth-order valence-electron chi connectivity index (χ4n) is 4.67. The van der Waals surface area contributed by atoms with Gasteiger partial charge in [-0.3, -0.25) is 29.4 Å². The molecule has 1 fully saturated rings. The van der Waals surface area contributed by atoms with Gasteiger partial charge in [-0.05, 0) is 32.4 Å². The topological polar surface area (TPSA) is 126 Å². The molecule has 11 heteroatoms. The van der Waals surface area contributed by atoms with E-state index in [1.165, 1.54) is 22.3 Å². The van der Waals surface area contributed by atoms with Crippen LogP contribution in [0.5, 0.6) is 0 Å². The number of anilines is 2. The molecule has 3 aromatic rings. The number of nitrogens with zero attached hydrogens (tertiary/aromatic N) is 4. The Morgan fingerprint density at radius 2 is 2.03 bits per heavy atom. The molecule has 0 spiro atoms. The van der Waals surface area contributed by atoms with Gasteiger partial charge in [0.15, 0.2) is 5.13 Å². The number of aryl methyl sites for hydroxylation is 1. The normalized spacial score (nSPS) is 18.9. The standard InChI is InChI=1S/C24H21N5O5S/c1-14-7-8-15(11-19(14)29(33)34)17-13-35-23(25-17)26-20(30)12-27-22(32)16-5-3-4-6-18(16)28-21(31)9-10-24(27,28)2/h3-8,11,13H,9-10,12H2,1-2H3,(H,25,26,30). The molecule has 1 unspecified atom stereocenters. The second kappa shape index (κ2) is 8.27. The van der Waals surface area contributed by atoms with Crippen molar-refractivity contribution >= 4 is 45.6 Å². The smallest absolute Gasteiger partial charge is 0.272 e. The summed E-state index contributed by atoms with van der Waals surface area (Å²) in [5, 5.41) is 16.0. The van der Waals surface area contributed by atoms with Gasteiger partial charge in [-0.2, -0.15) is 0 Å². The van der Waals surface area contributed by atoms with Crippen molar-refractivity contribution in [2.75, 3.05) is 16.8 Å². The molecule has 10 nitrogen and oxygen atoms in total. The zero-order valence-corrected chi connectivity index (χ0v) is 19.8. The van der Waals surface area contributed by atoms with Crippen LogP contribution in [0.1, 0.15) is 35.7 Å². The van der Waals surface area contributed by atoms with E-state index in [4.69, 9.17) is 0 Å². The molecule has 2 aliphatic heterocycles. The van der Waals surface area contributed by atoms with Crippen molar-refractivity contribution in [1.82, 2.24) is 9.88 Å². The second-order valence-electron chi connectivity index (χ2n) is 8.70. The lowest BCUT2D eigenvalue weighted by molar-refractivity contribution is -0.385. The number of hydrogen-bond acceptors (Lipinski definition) is 7. The van der Waals surface area contributed by atoms with Crippen LogP contribution < -0.4 is 10.2 Å². The van der Waals surface area contributed by atoms with Crippen molar-refractivity contribution in [3.05, 3.63) is 69.1 Å². The SMILES string of the molecule is Cc1ccc(-c2csc(NC(=O)CN3C(=O)c4ccccc4N4C(=O)CCC34C)n2)cc1[N+](=O)[O-]. The summed E-state index contributed by atoms with van der Waals surface area (Å²) in [5.41, 5.74) is 1.61. The fraction of sp³-hybridized carbons (Fsp3) is 0.250. The third-order valence-electron chi connectivity index (χ3n) is 6.50. The maximum atomic E-state index is 13.3. The Morgan fingerprint density at radius 1 is 1.26 bits per heavy atom. The average Bonchev–Trinajstić information content (AvgIpc) is 3.41.